The van der Waals surface area contributed by atoms with Gasteiger partial charge in [0.15, 0.2) is 5.82 Å². The summed E-state index contributed by atoms with van der Waals surface area (Å²) in [5, 5.41) is 0. The van der Waals surface area contributed by atoms with Gasteiger partial charge in [0, 0.05) is 12.4 Å². The molecule has 1 atom stereocenters. The van der Waals surface area contributed by atoms with Gasteiger partial charge >= 0.3 is 0 Å². The maximum atomic E-state index is 5.90. The Kier molecular flexibility index (Phi) is 3.79. The summed E-state index contributed by atoms with van der Waals surface area (Å²) in [5.74, 6) is 1.81. The van der Waals surface area contributed by atoms with Crippen LogP contribution in [0.1, 0.15) is 0 Å². The Balaban J connectivity index is 2.20. The number of methoxy groups -OCH3 is 1. The normalized spacial score (nSPS) is 20.9. The topological polar surface area (TPSA) is 47.5 Å². The zero-order valence-corrected chi connectivity index (χ0v) is 9.85. The standard InChI is InChI=1S/C10H14ClN3O2/c1-15-10-6-12-5-9(13-10)14-2-3-16-7-8(14)4-11/h5-6,8H,2-4,7H2,1H3. The first kappa shape index (κ1) is 11.4. The van der Waals surface area contributed by atoms with Crippen molar-refractivity contribution in [1.82, 2.24) is 9.97 Å². The summed E-state index contributed by atoms with van der Waals surface area (Å²) in [4.78, 5) is 10.5. The summed E-state index contributed by atoms with van der Waals surface area (Å²) >= 11 is 5.90. The number of morpholine rings is 1. The Morgan fingerprint density at radius 1 is 1.62 bits per heavy atom. The maximum absolute atomic E-state index is 5.90. The second kappa shape index (κ2) is 5.32. The van der Waals surface area contributed by atoms with Crippen LogP contribution in [0.4, 0.5) is 5.82 Å². The van der Waals surface area contributed by atoms with Crippen LogP contribution in [0, 0.1) is 0 Å². The molecular formula is C10H14ClN3O2. The minimum Gasteiger partial charge on any atom is -0.480 e. The first-order chi connectivity index (χ1) is 7.85. The van der Waals surface area contributed by atoms with Crippen LogP contribution in [0.2, 0.25) is 0 Å². The van der Waals surface area contributed by atoms with Crippen LogP contribution in [-0.4, -0.2) is 48.8 Å². The number of nitrogens with zero attached hydrogens (tertiary/aromatic N) is 3. The van der Waals surface area contributed by atoms with Crippen molar-refractivity contribution < 1.29 is 9.47 Å². The molecule has 2 rings (SSSR count). The molecule has 0 spiro atoms. The lowest BCUT2D eigenvalue weighted by atomic mass is 10.2. The molecule has 0 aliphatic carbocycles. The molecule has 1 aliphatic heterocycles. The van der Waals surface area contributed by atoms with E-state index in [1.807, 2.05) is 0 Å². The molecule has 2 heterocycles. The quantitative estimate of drug-likeness (QED) is 0.740. The first-order valence-corrected chi connectivity index (χ1v) is 5.65. The second-order valence-electron chi connectivity index (χ2n) is 3.50. The minimum absolute atomic E-state index is 0.150. The summed E-state index contributed by atoms with van der Waals surface area (Å²) in [5.41, 5.74) is 0. The smallest absolute Gasteiger partial charge is 0.233 e. The molecule has 0 amide bonds. The fourth-order valence-corrected chi connectivity index (χ4v) is 1.92. The average molecular weight is 244 g/mol. The maximum Gasteiger partial charge on any atom is 0.233 e. The SMILES string of the molecule is COc1cncc(N2CCOCC2CCl)n1. The van der Waals surface area contributed by atoms with E-state index >= 15 is 0 Å². The van der Waals surface area contributed by atoms with Gasteiger partial charge in [-0.15, -0.1) is 11.6 Å². The van der Waals surface area contributed by atoms with Gasteiger partial charge in [-0.2, -0.15) is 4.98 Å². The van der Waals surface area contributed by atoms with Crippen LogP contribution in [0.3, 0.4) is 0 Å². The van der Waals surface area contributed by atoms with Gasteiger partial charge in [0.1, 0.15) is 0 Å². The van der Waals surface area contributed by atoms with Crippen LogP contribution in [-0.2, 0) is 4.74 Å². The van der Waals surface area contributed by atoms with E-state index in [0.717, 1.165) is 12.4 Å². The van der Waals surface area contributed by atoms with Crippen molar-refractivity contribution in [2.45, 2.75) is 6.04 Å². The van der Waals surface area contributed by atoms with Gasteiger partial charge in [-0.05, 0) is 0 Å². The molecule has 1 aromatic rings. The minimum atomic E-state index is 0.150. The largest absolute Gasteiger partial charge is 0.480 e. The lowest BCUT2D eigenvalue weighted by molar-refractivity contribution is 0.0993. The Labute approximate surface area is 99.3 Å². The lowest BCUT2D eigenvalue weighted by Gasteiger charge is -2.35. The number of hydrogen-bond acceptors (Lipinski definition) is 5. The molecule has 1 aromatic heterocycles. The van der Waals surface area contributed by atoms with E-state index in [-0.39, 0.29) is 6.04 Å². The van der Waals surface area contributed by atoms with Gasteiger partial charge < -0.3 is 14.4 Å². The van der Waals surface area contributed by atoms with Crippen molar-refractivity contribution >= 4 is 17.4 Å². The Morgan fingerprint density at radius 2 is 2.50 bits per heavy atom. The van der Waals surface area contributed by atoms with Gasteiger partial charge in [0.2, 0.25) is 5.88 Å². The molecule has 88 valence electrons. The number of hydrogen-bond donors (Lipinski definition) is 0. The molecule has 6 heteroatoms. The molecule has 0 radical (unpaired) electrons. The highest BCUT2D eigenvalue weighted by atomic mass is 35.5. The molecule has 0 saturated carbocycles. The Morgan fingerprint density at radius 3 is 3.25 bits per heavy atom. The third-order valence-corrected chi connectivity index (χ3v) is 2.87. The Hall–Kier alpha value is -1.07. The third-order valence-electron chi connectivity index (χ3n) is 2.51. The summed E-state index contributed by atoms with van der Waals surface area (Å²) < 4.78 is 10.4. The molecule has 0 aromatic carbocycles. The van der Waals surface area contributed by atoms with Gasteiger partial charge in [-0.25, -0.2) is 0 Å². The zero-order valence-electron chi connectivity index (χ0n) is 9.10. The van der Waals surface area contributed by atoms with Crippen LogP contribution >= 0.6 is 11.6 Å². The number of anilines is 1. The first-order valence-electron chi connectivity index (χ1n) is 5.11. The molecule has 1 saturated heterocycles. The molecule has 0 bridgehead atoms. The van der Waals surface area contributed by atoms with E-state index in [2.05, 4.69) is 14.9 Å². The van der Waals surface area contributed by atoms with Crippen LogP contribution in [0.15, 0.2) is 12.4 Å². The second-order valence-corrected chi connectivity index (χ2v) is 3.80. The number of alkyl halides is 1. The number of rotatable bonds is 3. The molecule has 16 heavy (non-hydrogen) atoms. The summed E-state index contributed by atoms with van der Waals surface area (Å²) in [6.45, 7) is 2.09. The molecule has 1 aliphatic rings. The van der Waals surface area contributed by atoms with Crippen molar-refractivity contribution in [3.8, 4) is 5.88 Å². The Bertz CT molecular complexity index is 351. The predicted molar refractivity (Wildman–Crippen MR) is 61.3 cm³/mol. The van der Waals surface area contributed by atoms with Crippen LogP contribution < -0.4 is 9.64 Å². The number of halogens is 1. The van der Waals surface area contributed by atoms with Gasteiger partial charge in [0.25, 0.3) is 0 Å². The average Bonchev–Trinajstić information content (AvgIpc) is 2.38. The fraction of sp³-hybridized carbons (Fsp3) is 0.600. The molecule has 1 fully saturated rings. The van der Waals surface area contributed by atoms with Gasteiger partial charge in [-0.1, -0.05) is 0 Å². The molecule has 5 nitrogen and oxygen atoms in total. The summed E-state index contributed by atoms with van der Waals surface area (Å²) in [6, 6.07) is 0.150. The zero-order chi connectivity index (χ0) is 11.4. The third kappa shape index (κ3) is 2.36. The highest BCUT2D eigenvalue weighted by molar-refractivity contribution is 6.18. The van der Waals surface area contributed by atoms with E-state index in [1.54, 1.807) is 19.5 Å². The summed E-state index contributed by atoms with van der Waals surface area (Å²) in [7, 11) is 1.58. The van der Waals surface area contributed by atoms with Crippen LogP contribution in [0.5, 0.6) is 5.88 Å². The van der Waals surface area contributed by atoms with E-state index in [1.165, 1.54) is 0 Å². The van der Waals surface area contributed by atoms with E-state index in [9.17, 15) is 0 Å². The molecular weight excluding hydrogens is 230 g/mol. The highest BCUT2D eigenvalue weighted by Crippen LogP contribution is 2.19. The van der Waals surface area contributed by atoms with E-state index in [0.29, 0.717) is 25.0 Å². The van der Waals surface area contributed by atoms with Gasteiger partial charge in [-0.3, -0.25) is 4.98 Å². The number of ether oxygens (including phenoxy) is 2. The monoisotopic (exact) mass is 243 g/mol. The number of aromatic nitrogens is 2. The van der Waals surface area contributed by atoms with Crippen molar-refractivity contribution in [2.75, 3.05) is 37.6 Å². The van der Waals surface area contributed by atoms with E-state index in [4.69, 9.17) is 21.1 Å². The predicted octanol–water partition coefficient (Wildman–Crippen LogP) is 0.929. The van der Waals surface area contributed by atoms with Gasteiger partial charge in [0.05, 0.1) is 38.8 Å². The van der Waals surface area contributed by atoms with Crippen molar-refractivity contribution in [1.29, 1.82) is 0 Å². The molecule has 0 N–H and O–H groups in total. The molecule has 1 unspecified atom stereocenters. The fourth-order valence-electron chi connectivity index (χ4n) is 1.66. The highest BCUT2D eigenvalue weighted by Gasteiger charge is 2.23. The van der Waals surface area contributed by atoms with Crippen molar-refractivity contribution in [3.05, 3.63) is 12.4 Å². The van der Waals surface area contributed by atoms with Crippen molar-refractivity contribution in [2.24, 2.45) is 0 Å². The van der Waals surface area contributed by atoms with Crippen LogP contribution in [0.25, 0.3) is 0 Å². The van der Waals surface area contributed by atoms with Crippen molar-refractivity contribution in [3.63, 3.8) is 0 Å². The summed E-state index contributed by atoms with van der Waals surface area (Å²) in [6.07, 6.45) is 3.30. The lowest BCUT2D eigenvalue weighted by Crippen LogP contribution is -2.47. The van der Waals surface area contributed by atoms with E-state index < -0.39 is 0 Å².